The number of nitrogens with zero attached hydrogens (tertiary/aromatic N) is 3. The molecule has 0 spiro atoms. The van der Waals surface area contributed by atoms with Crippen LogP contribution in [0.15, 0.2) is 18.6 Å². The van der Waals surface area contributed by atoms with Crippen LogP contribution in [0.1, 0.15) is 5.69 Å². The van der Waals surface area contributed by atoms with Crippen LogP contribution < -0.4 is 5.32 Å². The smallest absolute Gasteiger partial charge is 0.115 e. The predicted octanol–water partition coefficient (Wildman–Crippen LogP) is -0.103. The lowest BCUT2D eigenvalue weighted by molar-refractivity contribution is -0.0295. The fraction of sp³-hybridized carbons (Fsp3) is 0.636. The van der Waals surface area contributed by atoms with E-state index in [2.05, 4.69) is 20.2 Å². The van der Waals surface area contributed by atoms with Crippen molar-refractivity contribution in [2.75, 3.05) is 33.3 Å². The number of ether oxygens (including phenoxy) is 1. The molecule has 1 saturated heterocycles. The van der Waals surface area contributed by atoms with Crippen LogP contribution in [0.3, 0.4) is 0 Å². The molecule has 1 aromatic heterocycles. The van der Waals surface area contributed by atoms with Crippen molar-refractivity contribution in [1.82, 2.24) is 20.2 Å². The second-order valence-corrected chi connectivity index (χ2v) is 3.99. The van der Waals surface area contributed by atoms with Crippen LogP contribution in [0.5, 0.6) is 0 Å². The van der Waals surface area contributed by atoms with E-state index in [0.29, 0.717) is 6.10 Å². The molecule has 5 nitrogen and oxygen atoms in total. The van der Waals surface area contributed by atoms with E-state index in [9.17, 15) is 0 Å². The maximum atomic E-state index is 5.65. The predicted molar refractivity (Wildman–Crippen MR) is 61.0 cm³/mol. The molecule has 2 rings (SSSR count). The minimum atomic E-state index is 0.292. The summed E-state index contributed by atoms with van der Waals surface area (Å²) in [4.78, 5) is 10.5. The molecule has 1 aromatic rings. The van der Waals surface area contributed by atoms with E-state index in [0.717, 1.165) is 38.5 Å². The SMILES string of the molecule is CNCC1CN(Cc2ccncn2)CCO1. The normalized spacial score (nSPS) is 22.2. The number of nitrogens with one attached hydrogen (secondary N) is 1. The Kier molecular flexibility index (Phi) is 4.21. The van der Waals surface area contributed by atoms with E-state index in [1.807, 2.05) is 13.1 Å². The summed E-state index contributed by atoms with van der Waals surface area (Å²) in [5.74, 6) is 0. The molecule has 88 valence electrons. The van der Waals surface area contributed by atoms with Gasteiger partial charge in [0.25, 0.3) is 0 Å². The number of likely N-dealkylation sites (N-methyl/N-ethyl adjacent to an activating group) is 1. The van der Waals surface area contributed by atoms with Gasteiger partial charge >= 0.3 is 0 Å². The van der Waals surface area contributed by atoms with E-state index in [4.69, 9.17) is 4.74 Å². The highest BCUT2D eigenvalue weighted by Gasteiger charge is 2.19. The van der Waals surface area contributed by atoms with Crippen molar-refractivity contribution in [2.24, 2.45) is 0 Å². The van der Waals surface area contributed by atoms with E-state index in [1.54, 1.807) is 12.5 Å². The average molecular weight is 222 g/mol. The van der Waals surface area contributed by atoms with Gasteiger partial charge < -0.3 is 10.1 Å². The summed E-state index contributed by atoms with van der Waals surface area (Å²) >= 11 is 0. The summed E-state index contributed by atoms with van der Waals surface area (Å²) in [6, 6.07) is 1.96. The van der Waals surface area contributed by atoms with Gasteiger partial charge in [0.15, 0.2) is 0 Å². The quantitative estimate of drug-likeness (QED) is 0.771. The summed E-state index contributed by atoms with van der Waals surface area (Å²) < 4.78 is 5.65. The van der Waals surface area contributed by atoms with Crippen LogP contribution in [0.2, 0.25) is 0 Å². The van der Waals surface area contributed by atoms with E-state index in [-0.39, 0.29) is 0 Å². The summed E-state index contributed by atoms with van der Waals surface area (Å²) in [6.07, 6.45) is 3.68. The maximum Gasteiger partial charge on any atom is 0.115 e. The molecule has 1 aliphatic heterocycles. The van der Waals surface area contributed by atoms with Crippen LogP contribution in [0.25, 0.3) is 0 Å². The summed E-state index contributed by atoms with van der Waals surface area (Å²) in [7, 11) is 1.95. The molecule has 1 atom stereocenters. The van der Waals surface area contributed by atoms with E-state index < -0.39 is 0 Å². The third kappa shape index (κ3) is 3.23. The number of hydrogen-bond acceptors (Lipinski definition) is 5. The van der Waals surface area contributed by atoms with Crippen LogP contribution in [-0.2, 0) is 11.3 Å². The second kappa shape index (κ2) is 5.89. The molecule has 0 amide bonds. The Morgan fingerprint density at radius 1 is 1.62 bits per heavy atom. The Bertz CT molecular complexity index is 304. The molecular formula is C11H18N4O. The molecule has 1 aliphatic rings. The van der Waals surface area contributed by atoms with E-state index >= 15 is 0 Å². The monoisotopic (exact) mass is 222 g/mol. The van der Waals surface area contributed by atoms with Gasteiger partial charge in [-0.25, -0.2) is 9.97 Å². The van der Waals surface area contributed by atoms with Crippen LogP contribution in [0, 0.1) is 0 Å². The Morgan fingerprint density at radius 3 is 3.31 bits per heavy atom. The number of aromatic nitrogens is 2. The van der Waals surface area contributed by atoms with Crippen molar-refractivity contribution in [1.29, 1.82) is 0 Å². The van der Waals surface area contributed by atoms with Crippen molar-refractivity contribution < 1.29 is 4.74 Å². The first kappa shape index (κ1) is 11.4. The Hall–Kier alpha value is -1.04. The Labute approximate surface area is 95.8 Å². The molecule has 0 radical (unpaired) electrons. The molecule has 1 unspecified atom stereocenters. The lowest BCUT2D eigenvalue weighted by atomic mass is 10.2. The zero-order chi connectivity index (χ0) is 11.2. The average Bonchev–Trinajstić information content (AvgIpc) is 2.31. The lowest BCUT2D eigenvalue weighted by Gasteiger charge is -2.32. The van der Waals surface area contributed by atoms with Crippen molar-refractivity contribution in [2.45, 2.75) is 12.6 Å². The minimum absolute atomic E-state index is 0.292. The number of rotatable bonds is 4. The van der Waals surface area contributed by atoms with Crippen molar-refractivity contribution >= 4 is 0 Å². The molecule has 0 saturated carbocycles. The second-order valence-electron chi connectivity index (χ2n) is 3.99. The van der Waals surface area contributed by atoms with Gasteiger partial charge in [-0.2, -0.15) is 0 Å². The molecule has 0 bridgehead atoms. The molecule has 16 heavy (non-hydrogen) atoms. The van der Waals surface area contributed by atoms with Gasteiger partial charge in [0.1, 0.15) is 6.33 Å². The minimum Gasteiger partial charge on any atom is -0.374 e. The molecule has 0 aliphatic carbocycles. The maximum absolute atomic E-state index is 5.65. The van der Waals surface area contributed by atoms with Crippen molar-refractivity contribution in [3.05, 3.63) is 24.3 Å². The van der Waals surface area contributed by atoms with Crippen LogP contribution >= 0.6 is 0 Å². The van der Waals surface area contributed by atoms with E-state index in [1.165, 1.54) is 0 Å². The highest BCUT2D eigenvalue weighted by Crippen LogP contribution is 2.07. The van der Waals surface area contributed by atoms with Gasteiger partial charge in [-0.1, -0.05) is 0 Å². The first-order valence-corrected chi connectivity index (χ1v) is 5.62. The molecule has 0 aromatic carbocycles. The summed E-state index contributed by atoms with van der Waals surface area (Å²) in [5, 5.41) is 3.14. The van der Waals surface area contributed by atoms with Gasteiger partial charge in [0.05, 0.1) is 18.4 Å². The van der Waals surface area contributed by atoms with Gasteiger partial charge in [-0.3, -0.25) is 4.90 Å². The zero-order valence-electron chi connectivity index (χ0n) is 9.59. The first-order chi connectivity index (χ1) is 7.88. The largest absolute Gasteiger partial charge is 0.374 e. The fourth-order valence-corrected chi connectivity index (χ4v) is 1.92. The first-order valence-electron chi connectivity index (χ1n) is 5.62. The molecular weight excluding hydrogens is 204 g/mol. The fourth-order valence-electron chi connectivity index (χ4n) is 1.92. The third-order valence-electron chi connectivity index (χ3n) is 2.68. The zero-order valence-corrected chi connectivity index (χ0v) is 9.59. The van der Waals surface area contributed by atoms with Crippen molar-refractivity contribution in [3.8, 4) is 0 Å². The number of morpholine rings is 1. The number of hydrogen-bond donors (Lipinski definition) is 1. The molecule has 1 fully saturated rings. The van der Waals surface area contributed by atoms with Crippen LogP contribution in [0.4, 0.5) is 0 Å². The Balaban J connectivity index is 1.85. The van der Waals surface area contributed by atoms with Crippen molar-refractivity contribution in [3.63, 3.8) is 0 Å². The molecule has 1 N–H and O–H groups in total. The summed E-state index contributed by atoms with van der Waals surface area (Å²) in [6.45, 7) is 4.53. The van der Waals surface area contributed by atoms with Gasteiger partial charge in [0, 0.05) is 32.4 Å². The van der Waals surface area contributed by atoms with Gasteiger partial charge in [-0.15, -0.1) is 0 Å². The third-order valence-corrected chi connectivity index (χ3v) is 2.68. The van der Waals surface area contributed by atoms with Gasteiger partial charge in [0.2, 0.25) is 0 Å². The molecule has 5 heteroatoms. The lowest BCUT2D eigenvalue weighted by Crippen LogP contribution is -2.45. The summed E-state index contributed by atoms with van der Waals surface area (Å²) in [5.41, 5.74) is 1.07. The highest BCUT2D eigenvalue weighted by atomic mass is 16.5. The standard InChI is InChI=1S/C11H18N4O/c1-12-6-11-8-15(4-5-16-11)7-10-2-3-13-9-14-10/h2-3,9,11-12H,4-8H2,1H3. The van der Waals surface area contributed by atoms with Crippen LogP contribution in [-0.4, -0.2) is 54.3 Å². The highest BCUT2D eigenvalue weighted by molar-refractivity contribution is 4.97. The molecule has 2 heterocycles. The van der Waals surface area contributed by atoms with Gasteiger partial charge in [-0.05, 0) is 13.1 Å². The topological polar surface area (TPSA) is 50.3 Å². The Morgan fingerprint density at radius 2 is 2.56 bits per heavy atom.